The van der Waals surface area contributed by atoms with Crippen LogP contribution in [-0.2, 0) is 4.79 Å². The quantitative estimate of drug-likeness (QED) is 0.754. The van der Waals surface area contributed by atoms with E-state index in [1.54, 1.807) is 4.90 Å². The number of carbonyl (C=O) groups excluding carboxylic acids is 1. The van der Waals surface area contributed by atoms with Crippen LogP contribution in [0.5, 0.6) is 0 Å². The van der Waals surface area contributed by atoms with E-state index in [1.165, 1.54) is 12.8 Å². The van der Waals surface area contributed by atoms with E-state index in [0.717, 1.165) is 19.0 Å². The number of thiocarbonyl (C=S) groups is 1. The fourth-order valence-corrected chi connectivity index (χ4v) is 2.62. The Kier molecular flexibility index (Phi) is 6.72. The van der Waals surface area contributed by atoms with E-state index in [4.69, 9.17) is 18.0 Å². The minimum absolute atomic E-state index is 0.182. The molecule has 5 heteroatoms. The zero-order valence-corrected chi connectivity index (χ0v) is 13.2. The van der Waals surface area contributed by atoms with E-state index in [1.807, 2.05) is 7.05 Å². The highest BCUT2D eigenvalue weighted by Crippen LogP contribution is 2.21. The number of hydrogen-bond donors (Lipinski definition) is 1. The van der Waals surface area contributed by atoms with Gasteiger partial charge in [-0.1, -0.05) is 19.1 Å². The Balaban J connectivity index is 2.30. The summed E-state index contributed by atoms with van der Waals surface area (Å²) in [4.78, 5) is 16.6. The van der Waals surface area contributed by atoms with Gasteiger partial charge in [-0.05, 0) is 25.7 Å². The second-order valence-electron chi connectivity index (χ2n) is 5.81. The molecule has 4 nitrogen and oxygen atoms in total. The van der Waals surface area contributed by atoms with Crippen LogP contribution in [0.1, 0.15) is 39.5 Å². The van der Waals surface area contributed by atoms with Crippen molar-refractivity contribution in [1.29, 1.82) is 0 Å². The molecular weight excluding hydrogens is 258 g/mol. The monoisotopic (exact) mass is 285 g/mol. The van der Waals surface area contributed by atoms with E-state index in [-0.39, 0.29) is 5.91 Å². The van der Waals surface area contributed by atoms with Crippen molar-refractivity contribution >= 4 is 23.1 Å². The number of likely N-dealkylation sites (tertiary alicyclic amines) is 1. The van der Waals surface area contributed by atoms with Gasteiger partial charge in [0.2, 0.25) is 5.91 Å². The number of hydrogen-bond acceptors (Lipinski definition) is 3. The summed E-state index contributed by atoms with van der Waals surface area (Å²) >= 11 is 4.83. The summed E-state index contributed by atoms with van der Waals surface area (Å²) in [7, 11) is 1.82. The number of amides is 1. The maximum Gasteiger partial charge on any atom is 0.223 e. The zero-order valence-electron chi connectivity index (χ0n) is 12.4. The lowest BCUT2D eigenvalue weighted by atomic mass is 9.95. The van der Waals surface area contributed by atoms with Gasteiger partial charge in [-0.15, -0.1) is 0 Å². The fourth-order valence-electron chi connectivity index (χ4n) is 2.52. The molecule has 0 aromatic carbocycles. The third-order valence-corrected chi connectivity index (χ3v) is 4.18. The molecule has 1 amide bonds. The normalized spacial score (nSPS) is 24.2. The number of rotatable bonds is 6. The van der Waals surface area contributed by atoms with E-state index in [9.17, 15) is 4.79 Å². The van der Waals surface area contributed by atoms with Crippen molar-refractivity contribution in [2.24, 2.45) is 11.7 Å². The predicted molar refractivity (Wildman–Crippen MR) is 83.1 cm³/mol. The Bertz CT molecular complexity index is 322. The first-order chi connectivity index (χ1) is 8.90. The molecule has 2 unspecified atom stereocenters. The Morgan fingerprint density at radius 3 is 2.68 bits per heavy atom. The molecule has 1 heterocycles. The number of nitrogens with zero attached hydrogens (tertiary/aromatic N) is 2. The average Bonchev–Trinajstić information content (AvgIpc) is 2.36. The van der Waals surface area contributed by atoms with Crippen LogP contribution >= 0.6 is 12.2 Å². The predicted octanol–water partition coefficient (Wildman–Crippen LogP) is 1.63. The Labute approximate surface area is 122 Å². The van der Waals surface area contributed by atoms with Crippen molar-refractivity contribution in [3.63, 3.8) is 0 Å². The Hall–Kier alpha value is -0.680. The van der Waals surface area contributed by atoms with Crippen LogP contribution in [0.25, 0.3) is 0 Å². The van der Waals surface area contributed by atoms with Crippen LogP contribution in [-0.4, -0.2) is 53.4 Å². The second kappa shape index (κ2) is 7.80. The highest BCUT2D eigenvalue weighted by molar-refractivity contribution is 7.80. The molecule has 0 spiro atoms. The molecule has 1 aliphatic heterocycles. The number of carbonyl (C=O) groups is 1. The first kappa shape index (κ1) is 16.4. The topological polar surface area (TPSA) is 49.6 Å². The molecule has 110 valence electrons. The molecule has 1 rings (SSSR count). The Morgan fingerprint density at radius 2 is 2.05 bits per heavy atom. The molecule has 19 heavy (non-hydrogen) atoms. The summed E-state index contributed by atoms with van der Waals surface area (Å²) in [6, 6.07) is 0.603. The molecule has 1 aliphatic rings. The van der Waals surface area contributed by atoms with Crippen LogP contribution in [0.4, 0.5) is 0 Å². The third kappa shape index (κ3) is 5.87. The van der Waals surface area contributed by atoms with Crippen molar-refractivity contribution in [3.8, 4) is 0 Å². The van der Waals surface area contributed by atoms with Crippen LogP contribution in [0.2, 0.25) is 0 Å². The van der Waals surface area contributed by atoms with Crippen LogP contribution in [0.15, 0.2) is 0 Å². The first-order valence-electron chi connectivity index (χ1n) is 7.16. The molecule has 0 aromatic heterocycles. The second-order valence-corrected chi connectivity index (χ2v) is 6.33. The standard InChI is InChI=1S/C14H27N3OS/c1-11-4-5-12(2)17(10-11)9-7-14(18)16(3)8-6-13(15)19/h11-12H,4-10H2,1-3H3,(H2,15,19). The molecule has 1 fully saturated rings. The van der Waals surface area contributed by atoms with Crippen molar-refractivity contribution in [3.05, 3.63) is 0 Å². The van der Waals surface area contributed by atoms with E-state index in [2.05, 4.69) is 18.7 Å². The first-order valence-corrected chi connectivity index (χ1v) is 7.57. The van der Waals surface area contributed by atoms with Gasteiger partial charge >= 0.3 is 0 Å². The highest BCUT2D eigenvalue weighted by Gasteiger charge is 2.23. The van der Waals surface area contributed by atoms with Crippen LogP contribution in [0, 0.1) is 5.92 Å². The molecule has 0 bridgehead atoms. The molecule has 0 aromatic rings. The van der Waals surface area contributed by atoms with Crippen LogP contribution in [0.3, 0.4) is 0 Å². The van der Waals surface area contributed by atoms with Crippen molar-refractivity contribution in [1.82, 2.24) is 9.80 Å². The van der Waals surface area contributed by atoms with Gasteiger partial charge in [0.25, 0.3) is 0 Å². The third-order valence-electron chi connectivity index (χ3n) is 3.98. The van der Waals surface area contributed by atoms with Gasteiger partial charge in [0.15, 0.2) is 0 Å². The molecule has 0 radical (unpaired) electrons. The van der Waals surface area contributed by atoms with Gasteiger partial charge in [-0.2, -0.15) is 0 Å². The SMILES string of the molecule is CC1CCC(C)N(CCC(=O)N(C)CCC(N)=S)C1. The summed E-state index contributed by atoms with van der Waals surface area (Å²) in [5, 5.41) is 0. The van der Waals surface area contributed by atoms with E-state index in [0.29, 0.717) is 30.4 Å². The van der Waals surface area contributed by atoms with Gasteiger partial charge in [0.05, 0.1) is 4.99 Å². The number of nitrogens with two attached hydrogens (primary N) is 1. The Morgan fingerprint density at radius 1 is 1.37 bits per heavy atom. The molecule has 2 atom stereocenters. The van der Waals surface area contributed by atoms with Gasteiger partial charge in [0, 0.05) is 45.6 Å². The van der Waals surface area contributed by atoms with Gasteiger partial charge in [-0.25, -0.2) is 0 Å². The van der Waals surface area contributed by atoms with Crippen molar-refractivity contribution in [2.45, 2.75) is 45.6 Å². The van der Waals surface area contributed by atoms with E-state index < -0.39 is 0 Å². The molecule has 1 saturated heterocycles. The molecular formula is C14H27N3OS. The largest absolute Gasteiger partial charge is 0.393 e. The summed E-state index contributed by atoms with van der Waals surface area (Å²) in [6.45, 7) is 7.15. The van der Waals surface area contributed by atoms with Gasteiger partial charge in [0.1, 0.15) is 0 Å². The maximum absolute atomic E-state index is 12.0. The smallest absolute Gasteiger partial charge is 0.223 e. The summed E-state index contributed by atoms with van der Waals surface area (Å²) < 4.78 is 0. The van der Waals surface area contributed by atoms with E-state index >= 15 is 0 Å². The fraction of sp³-hybridized carbons (Fsp3) is 0.857. The number of piperidine rings is 1. The van der Waals surface area contributed by atoms with Gasteiger partial charge < -0.3 is 10.6 Å². The zero-order chi connectivity index (χ0) is 14.4. The molecule has 0 saturated carbocycles. The van der Waals surface area contributed by atoms with Crippen molar-refractivity contribution < 1.29 is 4.79 Å². The van der Waals surface area contributed by atoms with Gasteiger partial charge in [-0.3, -0.25) is 9.69 Å². The summed E-state index contributed by atoms with van der Waals surface area (Å²) in [5.41, 5.74) is 5.45. The minimum atomic E-state index is 0.182. The molecule has 0 aliphatic carbocycles. The highest BCUT2D eigenvalue weighted by atomic mass is 32.1. The minimum Gasteiger partial charge on any atom is -0.393 e. The van der Waals surface area contributed by atoms with Crippen LogP contribution < -0.4 is 5.73 Å². The average molecular weight is 285 g/mol. The lowest BCUT2D eigenvalue weighted by Crippen LogP contribution is -2.43. The summed E-state index contributed by atoms with van der Waals surface area (Å²) in [5.74, 6) is 0.931. The lowest BCUT2D eigenvalue weighted by molar-refractivity contribution is -0.130. The molecule has 2 N–H and O–H groups in total. The maximum atomic E-state index is 12.0. The lowest BCUT2D eigenvalue weighted by Gasteiger charge is -2.36. The summed E-state index contributed by atoms with van der Waals surface area (Å²) in [6.07, 6.45) is 3.74. The van der Waals surface area contributed by atoms with Crippen molar-refractivity contribution in [2.75, 3.05) is 26.7 Å².